The van der Waals surface area contributed by atoms with Gasteiger partial charge in [-0.05, 0) is 53.3 Å². The van der Waals surface area contributed by atoms with Crippen molar-refractivity contribution in [1.29, 1.82) is 0 Å². The fourth-order valence-corrected chi connectivity index (χ4v) is 4.43. The maximum Gasteiger partial charge on any atom is 0.261 e. The Morgan fingerprint density at radius 1 is 0.973 bits per heavy atom. The first-order valence-corrected chi connectivity index (χ1v) is 13.1. The first-order valence-electron chi connectivity index (χ1n) is 12.4. The van der Waals surface area contributed by atoms with Crippen molar-refractivity contribution in [1.82, 2.24) is 10.2 Å². The lowest BCUT2D eigenvalue weighted by molar-refractivity contribution is -0.142. The molecule has 3 aromatic carbocycles. The molecule has 0 bridgehead atoms. The van der Waals surface area contributed by atoms with Crippen molar-refractivity contribution in [2.24, 2.45) is 0 Å². The van der Waals surface area contributed by atoms with E-state index in [4.69, 9.17) is 27.9 Å². The molecule has 0 heterocycles. The van der Waals surface area contributed by atoms with E-state index in [0.717, 1.165) is 5.56 Å². The van der Waals surface area contributed by atoms with Crippen LogP contribution in [0.3, 0.4) is 0 Å². The Hall–Kier alpha value is -3.02. The lowest BCUT2D eigenvalue weighted by Crippen LogP contribution is -2.51. The van der Waals surface area contributed by atoms with E-state index in [2.05, 4.69) is 26.1 Å². The molecule has 0 spiro atoms. The van der Waals surface area contributed by atoms with Crippen LogP contribution < -0.4 is 10.1 Å². The van der Waals surface area contributed by atoms with Crippen molar-refractivity contribution in [3.63, 3.8) is 0 Å². The average molecular weight is 542 g/mol. The number of carbonyl (C=O) groups is 2. The van der Waals surface area contributed by atoms with E-state index in [0.29, 0.717) is 34.3 Å². The van der Waals surface area contributed by atoms with Gasteiger partial charge in [0.1, 0.15) is 11.8 Å². The quantitative estimate of drug-likeness (QED) is 0.321. The monoisotopic (exact) mass is 540 g/mol. The third-order valence-corrected chi connectivity index (χ3v) is 6.65. The minimum absolute atomic E-state index is 0.0142. The van der Waals surface area contributed by atoms with Gasteiger partial charge in [0.05, 0.1) is 0 Å². The lowest BCUT2D eigenvalue weighted by atomic mass is 9.87. The molecule has 3 aromatic rings. The largest absolute Gasteiger partial charge is 0.484 e. The third-order valence-electron chi connectivity index (χ3n) is 6.06. The highest BCUT2D eigenvalue weighted by atomic mass is 35.5. The Labute approximate surface area is 229 Å². The zero-order valence-corrected chi connectivity index (χ0v) is 23.3. The predicted octanol–water partition coefficient (Wildman–Crippen LogP) is 6.45. The van der Waals surface area contributed by atoms with Gasteiger partial charge in [-0.1, -0.05) is 92.5 Å². The Bertz CT molecular complexity index is 1190. The molecule has 7 heteroatoms. The van der Waals surface area contributed by atoms with E-state index in [-0.39, 0.29) is 30.4 Å². The summed E-state index contributed by atoms with van der Waals surface area (Å²) in [6.07, 6.45) is 0.351. The number of nitrogens with one attached hydrogen (secondary N) is 1. The lowest BCUT2D eigenvalue weighted by Gasteiger charge is -2.31. The number of likely N-dealkylation sites (N-methyl/N-ethyl adjacent to an activating group) is 1. The molecule has 0 aromatic heterocycles. The summed E-state index contributed by atoms with van der Waals surface area (Å²) in [5.41, 5.74) is 2.82. The van der Waals surface area contributed by atoms with Crippen molar-refractivity contribution in [2.45, 2.75) is 52.1 Å². The number of nitrogens with zero attached hydrogens (tertiary/aromatic N) is 1. The van der Waals surface area contributed by atoms with E-state index < -0.39 is 6.04 Å². The highest BCUT2D eigenvalue weighted by Crippen LogP contribution is 2.26. The molecule has 0 aliphatic carbocycles. The van der Waals surface area contributed by atoms with Crippen LogP contribution in [0.1, 0.15) is 44.4 Å². The van der Waals surface area contributed by atoms with Crippen LogP contribution in [-0.4, -0.2) is 35.9 Å². The summed E-state index contributed by atoms with van der Waals surface area (Å²) >= 11 is 12.5. The molecule has 2 amide bonds. The molecule has 1 N–H and O–H groups in total. The molecule has 3 rings (SSSR count). The summed E-state index contributed by atoms with van der Waals surface area (Å²) in [4.78, 5) is 28.4. The Morgan fingerprint density at radius 3 is 2.24 bits per heavy atom. The summed E-state index contributed by atoms with van der Waals surface area (Å²) in [5.74, 6) is 0.0286. The topological polar surface area (TPSA) is 58.6 Å². The van der Waals surface area contributed by atoms with Crippen molar-refractivity contribution >= 4 is 35.0 Å². The van der Waals surface area contributed by atoms with Crippen LogP contribution in [0.2, 0.25) is 10.0 Å². The van der Waals surface area contributed by atoms with Crippen LogP contribution in [0.4, 0.5) is 0 Å². The smallest absolute Gasteiger partial charge is 0.261 e. The highest BCUT2D eigenvalue weighted by molar-refractivity contribution is 6.35. The second kappa shape index (κ2) is 13.0. The maximum absolute atomic E-state index is 13.6. The van der Waals surface area contributed by atoms with Crippen LogP contribution >= 0.6 is 23.2 Å². The molecule has 0 saturated carbocycles. The summed E-state index contributed by atoms with van der Waals surface area (Å²) in [6.45, 7) is 8.64. The third kappa shape index (κ3) is 8.24. The Kier molecular flexibility index (Phi) is 10.0. The van der Waals surface area contributed by atoms with Crippen LogP contribution in [0, 0.1) is 0 Å². The van der Waals surface area contributed by atoms with Gasteiger partial charge in [-0.25, -0.2) is 0 Å². The van der Waals surface area contributed by atoms with Gasteiger partial charge in [0.2, 0.25) is 5.91 Å². The SMILES string of the molecule is CCNC(=O)C(Cc1ccccc1)N(Cc1ccc(Cl)cc1Cl)C(=O)COc1ccc(C(C)(C)C)cc1. The number of rotatable bonds is 10. The first-order chi connectivity index (χ1) is 17.6. The number of hydrogen-bond donors (Lipinski definition) is 1. The van der Waals surface area contributed by atoms with Gasteiger partial charge >= 0.3 is 0 Å². The molecular formula is C30H34Cl2N2O3. The van der Waals surface area contributed by atoms with Crippen LogP contribution in [0.25, 0.3) is 0 Å². The number of carbonyl (C=O) groups excluding carboxylic acids is 2. The Balaban J connectivity index is 1.89. The normalized spacial score (nSPS) is 12.1. The molecule has 196 valence electrons. The second-order valence-corrected chi connectivity index (χ2v) is 10.8. The molecule has 0 aliphatic rings. The second-order valence-electron chi connectivity index (χ2n) is 9.92. The number of benzene rings is 3. The summed E-state index contributed by atoms with van der Waals surface area (Å²) in [6, 6.07) is 21.7. The number of hydrogen-bond acceptors (Lipinski definition) is 3. The van der Waals surface area contributed by atoms with Gasteiger partial charge in [-0.2, -0.15) is 0 Å². The summed E-state index contributed by atoms with van der Waals surface area (Å²) in [7, 11) is 0. The van der Waals surface area contributed by atoms with E-state index in [1.54, 1.807) is 18.2 Å². The fraction of sp³-hybridized carbons (Fsp3) is 0.333. The van der Waals surface area contributed by atoms with Crippen molar-refractivity contribution < 1.29 is 14.3 Å². The molecular weight excluding hydrogens is 507 g/mol. The van der Waals surface area contributed by atoms with Crippen molar-refractivity contribution in [2.75, 3.05) is 13.2 Å². The molecule has 1 unspecified atom stereocenters. The number of amides is 2. The van der Waals surface area contributed by atoms with Gasteiger partial charge < -0.3 is 15.0 Å². The predicted molar refractivity (Wildman–Crippen MR) is 150 cm³/mol. The Morgan fingerprint density at radius 2 is 1.65 bits per heavy atom. The van der Waals surface area contributed by atoms with Gasteiger partial charge in [0.25, 0.3) is 5.91 Å². The summed E-state index contributed by atoms with van der Waals surface area (Å²) < 4.78 is 5.87. The number of ether oxygens (including phenoxy) is 1. The minimum Gasteiger partial charge on any atom is -0.484 e. The molecule has 37 heavy (non-hydrogen) atoms. The van der Waals surface area contributed by atoms with Crippen molar-refractivity contribution in [3.05, 3.63) is 99.5 Å². The zero-order chi connectivity index (χ0) is 27.0. The molecule has 0 fully saturated rings. The first kappa shape index (κ1) is 28.5. The van der Waals surface area contributed by atoms with Crippen LogP contribution in [0.5, 0.6) is 5.75 Å². The van der Waals surface area contributed by atoms with E-state index in [1.165, 1.54) is 10.5 Å². The molecule has 1 atom stereocenters. The van der Waals surface area contributed by atoms with Crippen LogP contribution in [0.15, 0.2) is 72.8 Å². The van der Waals surface area contributed by atoms with E-state index in [9.17, 15) is 9.59 Å². The maximum atomic E-state index is 13.6. The molecule has 5 nitrogen and oxygen atoms in total. The average Bonchev–Trinajstić information content (AvgIpc) is 2.86. The zero-order valence-electron chi connectivity index (χ0n) is 21.8. The minimum atomic E-state index is -0.756. The van der Waals surface area contributed by atoms with Gasteiger partial charge in [0, 0.05) is 29.6 Å². The summed E-state index contributed by atoms with van der Waals surface area (Å²) in [5, 5.41) is 3.80. The molecule has 0 radical (unpaired) electrons. The van der Waals surface area contributed by atoms with E-state index in [1.807, 2.05) is 61.5 Å². The van der Waals surface area contributed by atoms with E-state index >= 15 is 0 Å². The van der Waals surface area contributed by atoms with Crippen molar-refractivity contribution in [3.8, 4) is 5.75 Å². The molecule has 0 aliphatic heterocycles. The van der Waals surface area contributed by atoms with Gasteiger partial charge in [0.15, 0.2) is 6.61 Å². The fourth-order valence-electron chi connectivity index (χ4n) is 3.96. The standard InChI is InChI=1S/C30H34Cl2N2O3/c1-5-33-29(36)27(17-21-9-7-6-8-10-21)34(19-22-11-14-24(31)18-26(22)32)28(35)20-37-25-15-12-23(13-16-25)30(2,3)4/h6-16,18,27H,5,17,19-20H2,1-4H3,(H,33,36). The molecule has 0 saturated heterocycles. The van der Waals surface area contributed by atoms with Crippen LogP contribution in [-0.2, 0) is 28.0 Å². The number of halogens is 2. The highest BCUT2D eigenvalue weighted by Gasteiger charge is 2.31. The van der Waals surface area contributed by atoms with Gasteiger partial charge in [-0.15, -0.1) is 0 Å². The van der Waals surface area contributed by atoms with Gasteiger partial charge in [-0.3, -0.25) is 9.59 Å².